The SMILES string of the molecule is CN(Cc1nnc(C2CC2)n1C)CC(O)c1ccc(F)cc1. The van der Waals surface area contributed by atoms with Gasteiger partial charge in [0.25, 0.3) is 0 Å². The third-order valence-electron chi connectivity index (χ3n) is 4.09. The fraction of sp³-hybridized carbons (Fsp3) is 0.500. The normalized spacial score (nSPS) is 16.2. The molecule has 5 nitrogen and oxygen atoms in total. The average molecular weight is 304 g/mol. The van der Waals surface area contributed by atoms with Gasteiger partial charge in [-0.15, -0.1) is 10.2 Å². The Balaban J connectivity index is 1.59. The summed E-state index contributed by atoms with van der Waals surface area (Å²) in [6, 6.07) is 5.95. The van der Waals surface area contributed by atoms with Gasteiger partial charge in [-0.2, -0.15) is 0 Å². The summed E-state index contributed by atoms with van der Waals surface area (Å²) < 4.78 is 15.0. The van der Waals surface area contributed by atoms with Gasteiger partial charge in [-0.05, 0) is 37.6 Å². The van der Waals surface area contributed by atoms with Gasteiger partial charge >= 0.3 is 0 Å². The van der Waals surface area contributed by atoms with Gasteiger partial charge in [0.15, 0.2) is 0 Å². The fourth-order valence-electron chi connectivity index (χ4n) is 2.60. The van der Waals surface area contributed by atoms with Crippen molar-refractivity contribution >= 4 is 0 Å². The van der Waals surface area contributed by atoms with E-state index in [0.29, 0.717) is 24.6 Å². The third-order valence-corrected chi connectivity index (χ3v) is 4.09. The Kier molecular flexibility index (Phi) is 4.22. The van der Waals surface area contributed by atoms with E-state index in [9.17, 15) is 9.50 Å². The second-order valence-corrected chi connectivity index (χ2v) is 6.07. The summed E-state index contributed by atoms with van der Waals surface area (Å²) in [5, 5.41) is 18.7. The zero-order valence-corrected chi connectivity index (χ0v) is 12.9. The van der Waals surface area contributed by atoms with Gasteiger partial charge in [-0.25, -0.2) is 4.39 Å². The van der Waals surface area contributed by atoms with Crippen molar-refractivity contribution in [2.75, 3.05) is 13.6 Å². The topological polar surface area (TPSA) is 54.2 Å². The van der Waals surface area contributed by atoms with E-state index in [0.717, 1.165) is 11.6 Å². The van der Waals surface area contributed by atoms with Crippen LogP contribution in [0.4, 0.5) is 4.39 Å². The zero-order valence-electron chi connectivity index (χ0n) is 12.9. The molecule has 1 N–H and O–H groups in total. The fourth-order valence-corrected chi connectivity index (χ4v) is 2.60. The van der Waals surface area contributed by atoms with Crippen molar-refractivity contribution < 1.29 is 9.50 Å². The number of rotatable bonds is 6. The molecule has 118 valence electrons. The molecule has 1 saturated carbocycles. The summed E-state index contributed by atoms with van der Waals surface area (Å²) in [6.45, 7) is 1.08. The van der Waals surface area contributed by atoms with Crippen LogP contribution in [0.15, 0.2) is 24.3 Å². The lowest BCUT2D eigenvalue weighted by molar-refractivity contribution is 0.122. The molecule has 1 heterocycles. The molecule has 0 aliphatic heterocycles. The minimum Gasteiger partial charge on any atom is -0.387 e. The summed E-state index contributed by atoms with van der Waals surface area (Å²) in [7, 11) is 3.92. The lowest BCUT2D eigenvalue weighted by Crippen LogP contribution is -2.25. The van der Waals surface area contributed by atoms with E-state index in [1.807, 2.05) is 19.0 Å². The molecule has 2 aromatic rings. The smallest absolute Gasteiger partial charge is 0.146 e. The van der Waals surface area contributed by atoms with Gasteiger partial charge in [0.05, 0.1) is 12.6 Å². The molecular formula is C16H21FN4O. The molecule has 1 fully saturated rings. The number of nitrogens with zero attached hydrogens (tertiary/aromatic N) is 4. The van der Waals surface area contributed by atoms with Crippen LogP contribution in [0.3, 0.4) is 0 Å². The van der Waals surface area contributed by atoms with Crippen LogP contribution in [0.25, 0.3) is 0 Å². The molecule has 1 aliphatic rings. The van der Waals surface area contributed by atoms with Crippen molar-refractivity contribution in [2.24, 2.45) is 7.05 Å². The summed E-state index contributed by atoms with van der Waals surface area (Å²) in [4.78, 5) is 1.99. The van der Waals surface area contributed by atoms with E-state index in [1.165, 1.54) is 25.0 Å². The summed E-state index contributed by atoms with van der Waals surface area (Å²) in [5.74, 6) is 2.23. The largest absolute Gasteiger partial charge is 0.387 e. The number of aromatic nitrogens is 3. The van der Waals surface area contributed by atoms with Gasteiger partial charge in [0, 0.05) is 19.5 Å². The highest BCUT2D eigenvalue weighted by Gasteiger charge is 2.29. The van der Waals surface area contributed by atoms with Crippen molar-refractivity contribution in [3.63, 3.8) is 0 Å². The van der Waals surface area contributed by atoms with Crippen molar-refractivity contribution in [1.82, 2.24) is 19.7 Å². The number of hydrogen-bond donors (Lipinski definition) is 1. The van der Waals surface area contributed by atoms with E-state index in [-0.39, 0.29) is 5.82 Å². The van der Waals surface area contributed by atoms with Crippen molar-refractivity contribution in [2.45, 2.75) is 31.4 Å². The Morgan fingerprint density at radius 3 is 2.64 bits per heavy atom. The molecule has 0 amide bonds. The Hall–Kier alpha value is -1.79. The van der Waals surface area contributed by atoms with Gasteiger partial charge in [-0.3, -0.25) is 4.90 Å². The van der Waals surface area contributed by atoms with Crippen LogP contribution in [0.5, 0.6) is 0 Å². The van der Waals surface area contributed by atoms with Gasteiger partial charge in [0.1, 0.15) is 17.5 Å². The monoisotopic (exact) mass is 304 g/mol. The Morgan fingerprint density at radius 1 is 1.32 bits per heavy atom. The maximum absolute atomic E-state index is 12.9. The minimum absolute atomic E-state index is 0.295. The third kappa shape index (κ3) is 3.34. The Morgan fingerprint density at radius 2 is 2.00 bits per heavy atom. The first kappa shape index (κ1) is 15.1. The second kappa shape index (κ2) is 6.14. The molecule has 0 spiro atoms. The van der Waals surface area contributed by atoms with Gasteiger partial charge in [0.2, 0.25) is 0 Å². The number of likely N-dealkylation sites (N-methyl/N-ethyl adjacent to an activating group) is 1. The second-order valence-electron chi connectivity index (χ2n) is 6.07. The van der Waals surface area contributed by atoms with Crippen LogP contribution in [0, 0.1) is 5.82 Å². The molecule has 22 heavy (non-hydrogen) atoms. The summed E-state index contributed by atoms with van der Waals surface area (Å²) in [6.07, 6.45) is 1.75. The van der Waals surface area contributed by atoms with Crippen molar-refractivity contribution in [3.8, 4) is 0 Å². The molecule has 1 atom stereocenters. The van der Waals surface area contributed by atoms with E-state index in [1.54, 1.807) is 12.1 Å². The maximum Gasteiger partial charge on any atom is 0.146 e. The van der Waals surface area contributed by atoms with Crippen LogP contribution < -0.4 is 0 Å². The first-order chi connectivity index (χ1) is 10.5. The number of aliphatic hydroxyl groups is 1. The van der Waals surface area contributed by atoms with Crippen LogP contribution in [-0.4, -0.2) is 38.4 Å². The van der Waals surface area contributed by atoms with Crippen LogP contribution in [0.2, 0.25) is 0 Å². The van der Waals surface area contributed by atoms with Gasteiger partial charge in [-0.1, -0.05) is 12.1 Å². The predicted molar refractivity (Wildman–Crippen MR) is 80.7 cm³/mol. The molecule has 0 radical (unpaired) electrons. The first-order valence-corrected chi connectivity index (χ1v) is 7.55. The number of aliphatic hydroxyl groups excluding tert-OH is 1. The number of hydrogen-bond acceptors (Lipinski definition) is 4. The molecule has 0 saturated heterocycles. The zero-order chi connectivity index (χ0) is 15.7. The molecule has 0 bridgehead atoms. The highest BCUT2D eigenvalue weighted by Crippen LogP contribution is 2.38. The molecule has 1 unspecified atom stereocenters. The number of benzene rings is 1. The van der Waals surface area contributed by atoms with Crippen molar-refractivity contribution in [1.29, 1.82) is 0 Å². The summed E-state index contributed by atoms with van der Waals surface area (Å²) >= 11 is 0. The molecular weight excluding hydrogens is 283 g/mol. The lowest BCUT2D eigenvalue weighted by Gasteiger charge is -2.20. The van der Waals surface area contributed by atoms with Crippen LogP contribution in [-0.2, 0) is 13.6 Å². The maximum atomic E-state index is 12.9. The van der Waals surface area contributed by atoms with Crippen LogP contribution in [0.1, 0.15) is 42.1 Å². The van der Waals surface area contributed by atoms with E-state index >= 15 is 0 Å². The Labute approximate surface area is 129 Å². The standard InChI is InChI=1S/C16H21FN4O/c1-20(9-14(22)11-5-7-13(17)8-6-11)10-15-18-19-16(21(15)2)12-3-4-12/h5-8,12,14,22H,3-4,9-10H2,1-2H3. The van der Waals surface area contributed by atoms with E-state index in [4.69, 9.17) is 0 Å². The lowest BCUT2D eigenvalue weighted by atomic mass is 10.1. The highest BCUT2D eigenvalue weighted by atomic mass is 19.1. The minimum atomic E-state index is -0.651. The van der Waals surface area contributed by atoms with Crippen LogP contribution >= 0.6 is 0 Å². The molecule has 1 aromatic carbocycles. The molecule has 1 aliphatic carbocycles. The molecule has 1 aromatic heterocycles. The predicted octanol–water partition coefficient (Wildman–Crippen LogP) is 2.00. The summed E-state index contributed by atoms with van der Waals surface area (Å²) in [5.41, 5.74) is 0.713. The number of halogens is 1. The van der Waals surface area contributed by atoms with Crippen molar-refractivity contribution in [3.05, 3.63) is 47.3 Å². The van der Waals surface area contributed by atoms with E-state index in [2.05, 4.69) is 14.8 Å². The highest BCUT2D eigenvalue weighted by molar-refractivity contribution is 5.18. The first-order valence-electron chi connectivity index (χ1n) is 7.55. The van der Waals surface area contributed by atoms with Gasteiger partial charge < -0.3 is 9.67 Å². The Bertz CT molecular complexity index is 636. The quantitative estimate of drug-likeness (QED) is 0.887. The van der Waals surface area contributed by atoms with E-state index < -0.39 is 6.10 Å². The molecule has 3 rings (SSSR count). The molecule has 6 heteroatoms. The average Bonchev–Trinajstić information content (AvgIpc) is 3.26.